The predicted molar refractivity (Wildman–Crippen MR) is 68.6 cm³/mol. The van der Waals surface area contributed by atoms with Crippen LogP contribution in [-0.2, 0) is 18.9 Å². The lowest BCUT2D eigenvalue weighted by atomic mass is 10.2. The van der Waals surface area contributed by atoms with Crippen molar-refractivity contribution in [1.82, 2.24) is 0 Å². The van der Waals surface area contributed by atoms with E-state index in [0.717, 1.165) is 19.3 Å². The van der Waals surface area contributed by atoms with E-state index in [9.17, 15) is 0 Å². The molecule has 4 nitrogen and oxygen atoms in total. The first kappa shape index (κ1) is 12.6. The van der Waals surface area contributed by atoms with Crippen LogP contribution in [0.3, 0.4) is 0 Å². The second-order valence-electron chi connectivity index (χ2n) is 6.35. The number of ether oxygens (including phenoxy) is 4. The third kappa shape index (κ3) is 2.56. The van der Waals surface area contributed by atoms with Gasteiger partial charge < -0.3 is 18.9 Å². The van der Waals surface area contributed by atoms with E-state index < -0.39 is 0 Å². The number of hydrogen-bond donors (Lipinski definition) is 0. The van der Waals surface area contributed by atoms with Crippen LogP contribution in [0.2, 0.25) is 0 Å². The quantitative estimate of drug-likeness (QED) is 0.785. The molecule has 0 radical (unpaired) electrons. The Morgan fingerprint density at radius 3 is 1.32 bits per heavy atom. The fourth-order valence-corrected chi connectivity index (χ4v) is 3.97. The molecule has 4 unspecified atom stereocenters. The summed E-state index contributed by atoms with van der Waals surface area (Å²) in [7, 11) is 0. The van der Waals surface area contributed by atoms with Gasteiger partial charge in [-0.2, -0.15) is 0 Å². The molecule has 2 saturated heterocycles. The highest BCUT2D eigenvalue weighted by atomic mass is 16.7. The van der Waals surface area contributed by atoms with Gasteiger partial charge in [-0.3, -0.25) is 0 Å². The molecule has 4 atom stereocenters. The van der Waals surface area contributed by atoms with Crippen LogP contribution < -0.4 is 0 Å². The molecular formula is C15H24O4. The van der Waals surface area contributed by atoms with Gasteiger partial charge in [-0.15, -0.1) is 0 Å². The summed E-state index contributed by atoms with van der Waals surface area (Å²) in [5, 5.41) is 0. The molecular weight excluding hydrogens is 244 g/mol. The molecule has 2 saturated carbocycles. The predicted octanol–water partition coefficient (Wildman–Crippen LogP) is 2.74. The van der Waals surface area contributed by atoms with E-state index >= 15 is 0 Å². The molecule has 0 aromatic heterocycles. The average molecular weight is 268 g/mol. The maximum Gasteiger partial charge on any atom is 0.158 e. The molecule has 4 heteroatoms. The number of fused-ring (bicyclic) bond motifs is 2. The topological polar surface area (TPSA) is 36.9 Å². The molecule has 4 fully saturated rings. The molecule has 2 aliphatic heterocycles. The highest BCUT2D eigenvalue weighted by molar-refractivity contribution is 4.85. The van der Waals surface area contributed by atoms with Gasteiger partial charge in [0.05, 0.1) is 24.4 Å². The van der Waals surface area contributed by atoms with Crippen molar-refractivity contribution in [2.75, 3.05) is 0 Å². The van der Waals surface area contributed by atoms with Gasteiger partial charge in [-0.25, -0.2) is 0 Å². The fourth-order valence-electron chi connectivity index (χ4n) is 3.97. The normalized spacial score (nSPS) is 48.6. The maximum atomic E-state index is 5.92. The van der Waals surface area contributed by atoms with Crippen molar-refractivity contribution in [1.29, 1.82) is 0 Å². The summed E-state index contributed by atoms with van der Waals surface area (Å²) in [4.78, 5) is 0. The van der Waals surface area contributed by atoms with Crippen molar-refractivity contribution in [3.8, 4) is 0 Å². The lowest BCUT2D eigenvalue weighted by Gasteiger charge is -2.14. The largest absolute Gasteiger partial charge is 0.347 e. The summed E-state index contributed by atoms with van der Waals surface area (Å²) < 4.78 is 23.7. The first-order valence-corrected chi connectivity index (χ1v) is 8.00. The number of hydrogen-bond acceptors (Lipinski definition) is 4. The Bertz CT molecular complexity index is 267. The van der Waals surface area contributed by atoms with Gasteiger partial charge in [0.15, 0.2) is 12.6 Å². The Kier molecular flexibility index (Phi) is 3.52. The molecule has 0 aromatic rings. The van der Waals surface area contributed by atoms with Gasteiger partial charge >= 0.3 is 0 Å². The van der Waals surface area contributed by atoms with Crippen LogP contribution in [0.15, 0.2) is 0 Å². The Morgan fingerprint density at radius 2 is 0.947 bits per heavy atom. The van der Waals surface area contributed by atoms with Gasteiger partial charge in [0.1, 0.15) is 0 Å². The van der Waals surface area contributed by atoms with Crippen molar-refractivity contribution < 1.29 is 18.9 Å². The Hall–Kier alpha value is -0.160. The minimum absolute atomic E-state index is 0.0243. The van der Waals surface area contributed by atoms with Crippen LogP contribution in [-0.4, -0.2) is 37.0 Å². The highest BCUT2D eigenvalue weighted by Gasteiger charge is 2.40. The van der Waals surface area contributed by atoms with Crippen molar-refractivity contribution >= 4 is 0 Å². The van der Waals surface area contributed by atoms with Crippen molar-refractivity contribution in [2.24, 2.45) is 0 Å². The van der Waals surface area contributed by atoms with Gasteiger partial charge in [0, 0.05) is 0 Å². The summed E-state index contributed by atoms with van der Waals surface area (Å²) in [6.07, 6.45) is 11.8. The van der Waals surface area contributed by atoms with Crippen LogP contribution >= 0.6 is 0 Å². The summed E-state index contributed by atoms with van der Waals surface area (Å²) >= 11 is 0. The second-order valence-corrected chi connectivity index (χ2v) is 6.35. The van der Waals surface area contributed by atoms with Crippen molar-refractivity contribution in [3.05, 3.63) is 0 Å². The first-order valence-electron chi connectivity index (χ1n) is 8.00. The minimum Gasteiger partial charge on any atom is -0.347 e. The zero-order valence-electron chi connectivity index (χ0n) is 11.5. The molecule has 108 valence electrons. The molecule has 2 heterocycles. The summed E-state index contributed by atoms with van der Waals surface area (Å²) in [6.45, 7) is 0. The second kappa shape index (κ2) is 5.32. The smallest absolute Gasteiger partial charge is 0.158 e. The van der Waals surface area contributed by atoms with Crippen LogP contribution in [0.1, 0.15) is 57.8 Å². The van der Waals surface area contributed by atoms with Crippen LogP contribution in [0.4, 0.5) is 0 Å². The SMILES string of the molecule is C(CC1OC2CCCC2O1)CC1OC2CCCC2O1. The van der Waals surface area contributed by atoms with Crippen molar-refractivity contribution in [3.63, 3.8) is 0 Å². The van der Waals surface area contributed by atoms with E-state index in [1.54, 1.807) is 0 Å². The summed E-state index contributed by atoms with van der Waals surface area (Å²) in [5.41, 5.74) is 0. The van der Waals surface area contributed by atoms with E-state index in [4.69, 9.17) is 18.9 Å². The third-order valence-electron chi connectivity index (χ3n) is 4.97. The molecule has 0 N–H and O–H groups in total. The first-order chi connectivity index (χ1) is 9.38. The zero-order valence-corrected chi connectivity index (χ0v) is 11.5. The molecule has 0 spiro atoms. The lowest BCUT2D eigenvalue weighted by Crippen LogP contribution is -2.14. The van der Waals surface area contributed by atoms with Crippen molar-refractivity contribution in [2.45, 2.75) is 94.8 Å². The minimum atomic E-state index is 0.0243. The molecule has 4 rings (SSSR count). The lowest BCUT2D eigenvalue weighted by molar-refractivity contribution is -0.0951. The summed E-state index contributed by atoms with van der Waals surface area (Å²) in [6, 6.07) is 0. The zero-order chi connectivity index (χ0) is 12.7. The van der Waals surface area contributed by atoms with E-state index in [2.05, 4.69) is 0 Å². The molecule has 2 aliphatic carbocycles. The molecule has 19 heavy (non-hydrogen) atoms. The van der Waals surface area contributed by atoms with Crippen LogP contribution in [0.5, 0.6) is 0 Å². The number of rotatable bonds is 4. The Morgan fingerprint density at radius 1 is 0.579 bits per heavy atom. The standard InChI is InChI=1S/C15H24O4/c1-4-10-11(5-1)17-14(16-10)8-3-9-15-18-12-6-2-7-13(12)19-15/h10-15H,1-9H2. The van der Waals surface area contributed by atoms with E-state index in [1.165, 1.54) is 38.5 Å². The van der Waals surface area contributed by atoms with Gasteiger partial charge in [-0.1, -0.05) is 0 Å². The van der Waals surface area contributed by atoms with E-state index in [1.807, 2.05) is 0 Å². The molecule has 0 aromatic carbocycles. The fraction of sp³-hybridized carbons (Fsp3) is 1.00. The summed E-state index contributed by atoms with van der Waals surface area (Å²) in [5.74, 6) is 0. The Labute approximate surface area is 114 Å². The van der Waals surface area contributed by atoms with Gasteiger partial charge in [0.25, 0.3) is 0 Å². The highest BCUT2D eigenvalue weighted by Crippen LogP contribution is 2.36. The molecule has 0 amide bonds. The molecule has 0 bridgehead atoms. The maximum absolute atomic E-state index is 5.92. The van der Waals surface area contributed by atoms with Crippen LogP contribution in [0.25, 0.3) is 0 Å². The van der Waals surface area contributed by atoms with Crippen LogP contribution in [0, 0.1) is 0 Å². The van der Waals surface area contributed by atoms with Gasteiger partial charge in [0.2, 0.25) is 0 Å². The van der Waals surface area contributed by atoms with E-state index in [-0.39, 0.29) is 12.6 Å². The van der Waals surface area contributed by atoms with Gasteiger partial charge in [-0.05, 0) is 57.8 Å². The average Bonchev–Trinajstić information content (AvgIpc) is 3.04. The molecule has 4 aliphatic rings. The monoisotopic (exact) mass is 268 g/mol. The Balaban J connectivity index is 1.16. The van der Waals surface area contributed by atoms with E-state index in [0.29, 0.717) is 24.4 Å². The third-order valence-corrected chi connectivity index (χ3v) is 4.97.